The largest absolute Gasteiger partial charge is 0.464 e. The fraction of sp³-hybridized carbons (Fsp3) is 0.927. The van der Waals surface area contributed by atoms with Crippen molar-refractivity contribution in [2.24, 2.45) is 0 Å². The molecule has 0 N–H and O–H groups in total. The predicted molar refractivity (Wildman–Crippen MR) is 202 cm³/mol. The fourth-order valence-corrected chi connectivity index (χ4v) is 6.12. The Morgan fingerprint density at radius 2 is 0.708 bits per heavy atom. The molecule has 48 heavy (non-hydrogen) atoms. The van der Waals surface area contributed by atoms with E-state index < -0.39 is 0 Å². The van der Waals surface area contributed by atoms with Crippen LogP contribution in [0.5, 0.6) is 0 Å². The first-order valence-electron chi connectivity index (χ1n) is 20.6. The highest BCUT2D eigenvalue weighted by atomic mass is 16.5. The summed E-state index contributed by atoms with van der Waals surface area (Å²) in [6.07, 6.45) is 34.0. The highest BCUT2D eigenvalue weighted by Gasteiger charge is 2.21. The molecule has 0 aromatic rings. The molecule has 0 spiro atoms. The summed E-state index contributed by atoms with van der Waals surface area (Å²) in [7, 11) is 5.92. The lowest BCUT2D eigenvalue weighted by Crippen LogP contribution is -2.48. The number of rotatable bonds is 36. The zero-order valence-corrected chi connectivity index (χ0v) is 32.8. The molecule has 0 saturated carbocycles. The molecule has 7 heteroatoms. The highest BCUT2D eigenvalue weighted by molar-refractivity contribution is 5.77. The van der Waals surface area contributed by atoms with Crippen LogP contribution < -0.4 is 0 Å². The molecule has 0 aliphatic carbocycles. The molecule has 0 aliphatic rings. The van der Waals surface area contributed by atoms with Crippen molar-refractivity contribution in [3.63, 3.8) is 0 Å². The lowest BCUT2D eigenvalue weighted by atomic mass is 10.0. The maximum absolute atomic E-state index is 13.0. The average Bonchev–Trinajstić information content (AvgIpc) is 3.03. The molecule has 284 valence electrons. The predicted octanol–water partition coefficient (Wildman–Crippen LogP) is 10.6. The number of amides is 1. The molecule has 0 aromatic carbocycles. The van der Waals surface area contributed by atoms with Gasteiger partial charge in [0.25, 0.3) is 5.91 Å². The summed E-state index contributed by atoms with van der Waals surface area (Å²) in [5.41, 5.74) is 0. The van der Waals surface area contributed by atoms with Crippen molar-refractivity contribution in [3.8, 4) is 0 Å². The van der Waals surface area contributed by atoms with Crippen LogP contribution in [-0.2, 0) is 23.9 Å². The van der Waals surface area contributed by atoms with E-state index in [-0.39, 0.29) is 31.1 Å². The van der Waals surface area contributed by atoms with Gasteiger partial charge in [0.1, 0.15) is 13.2 Å². The van der Waals surface area contributed by atoms with E-state index in [1.807, 2.05) is 21.1 Å². The molecule has 0 bridgehead atoms. The summed E-state index contributed by atoms with van der Waals surface area (Å²) in [5.74, 6) is -0.412. The number of quaternary nitrogens is 1. The second-order valence-electron chi connectivity index (χ2n) is 15.3. The van der Waals surface area contributed by atoms with Crippen LogP contribution in [0.25, 0.3) is 0 Å². The minimum absolute atomic E-state index is 0.0254. The van der Waals surface area contributed by atoms with E-state index in [1.54, 1.807) is 4.90 Å². The Hall–Kier alpha value is -1.63. The van der Waals surface area contributed by atoms with Gasteiger partial charge in [0.2, 0.25) is 0 Å². The minimum atomic E-state index is -0.193. The minimum Gasteiger partial charge on any atom is -0.464 e. The molecule has 0 unspecified atom stereocenters. The van der Waals surface area contributed by atoms with E-state index in [0.29, 0.717) is 37.0 Å². The van der Waals surface area contributed by atoms with Crippen LogP contribution in [0.4, 0.5) is 0 Å². The summed E-state index contributed by atoms with van der Waals surface area (Å²) in [4.78, 5) is 39.2. The smallest absolute Gasteiger partial charge is 0.305 e. The SMILES string of the molecule is CCCCCCCCCCCCCCCC(=O)OCCN(CCOC(=O)CCCCCCCCCCCCCCC)C(=O)C[N+](C)(C)C. The second kappa shape index (κ2) is 33.8. The third-order valence-electron chi connectivity index (χ3n) is 9.18. The summed E-state index contributed by atoms with van der Waals surface area (Å²) in [6.45, 7) is 5.85. The lowest BCUT2D eigenvalue weighted by Gasteiger charge is -2.28. The quantitative estimate of drug-likeness (QED) is 0.0374. The van der Waals surface area contributed by atoms with Gasteiger partial charge in [-0.2, -0.15) is 0 Å². The third kappa shape index (κ3) is 34.2. The van der Waals surface area contributed by atoms with Gasteiger partial charge in [-0.3, -0.25) is 14.4 Å². The summed E-state index contributed by atoms with van der Waals surface area (Å²) >= 11 is 0. The van der Waals surface area contributed by atoms with Crippen LogP contribution in [0.1, 0.15) is 194 Å². The molecule has 0 radical (unpaired) electrons. The number of carbonyl (C=O) groups excluding carboxylic acids is 3. The first-order valence-corrected chi connectivity index (χ1v) is 20.6. The van der Waals surface area contributed by atoms with Gasteiger partial charge in [0.05, 0.1) is 34.2 Å². The third-order valence-corrected chi connectivity index (χ3v) is 9.18. The molecular weight excluding hydrogens is 600 g/mol. The topological polar surface area (TPSA) is 72.9 Å². The van der Waals surface area contributed by atoms with Gasteiger partial charge in [-0.25, -0.2) is 0 Å². The van der Waals surface area contributed by atoms with Gasteiger partial charge in [-0.05, 0) is 12.8 Å². The van der Waals surface area contributed by atoms with Gasteiger partial charge in [-0.1, -0.05) is 168 Å². The molecular formula is C41H81N2O5+. The summed E-state index contributed by atoms with van der Waals surface area (Å²) < 4.78 is 11.5. The molecule has 0 heterocycles. The Morgan fingerprint density at radius 3 is 0.979 bits per heavy atom. The Kier molecular flexibility index (Phi) is 32.7. The van der Waals surface area contributed by atoms with Gasteiger partial charge < -0.3 is 18.9 Å². The van der Waals surface area contributed by atoms with Gasteiger partial charge in [-0.15, -0.1) is 0 Å². The molecule has 7 nitrogen and oxygen atoms in total. The first kappa shape index (κ1) is 46.4. The van der Waals surface area contributed by atoms with Gasteiger partial charge >= 0.3 is 11.9 Å². The number of hydrogen-bond donors (Lipinski definition) is 0. The average molecular weight is 682 g/mol. The fourth-order valence-electron chi connectivity index (χ4n) is 6.12. The monoisotopic (exact) mass is 682 g/mol. The number of nitrogens with zero attached hydrogens (tertiary/aromatic N) is 2. The van der Waals surface area contributed by atoms with Crippen molar-refractivity contribution in [1.29, 1.82) is 0 Å². The molecule has 0 fully saturated rings. The standard InChI is InChI=1S/C41H81N2O5/c1-6-8-10-12-14-16-18-20-22-24-26-28-30-32-40(45)47-36-34-42(39(44)38-43(3,4)5)35-37-48-41(46)33-31-29-27-25-23-21-19-17-15-13-11-9-7-2/h6-38H2,1-5H3/q+1. The van der Waals surface area contributed by atoms with E-state index in [0.717, 1.165) is 25.7 Å². The van der Waals surface area contributed by atoms with Crippen molar-refractivity contribution in [2.75, 3.05) is 54.0 Å². The van der Waals surface area contributed by atoms with Crippen LogP contribution in [0.3, 0.4) is 0 Å². The lowest BCUT2D eigenvalue weighted by molar-refractivity contribution is -0.862. The molecule has 0 rings (SSSR count). The number of hydrogen-bond acceptors (Lipinski definition) is 5. The molecule has 0 atom stereocenters. The van der Waals surface area contributed by atoms with Crippen molar-refractivity contribution in [2.45, 2.75) is 194 Å². The normalized spacial score (nSPS) is 11.5. The number of ether oxygens (including phenoxy) is 2. The van der Waals surface area contributed by atoms with Crippen molar-refractivity contribution in [3.05, 3.63) is 0 Å². The van der Waals surface area contributed by atoms with Gasteiger partial charge in [0.15, 0.2) is 6.54 Å². The second-order valence-corrected chi connectivity index (χ2v) is 15.3. The number of likely N-dealkylation sites (N-methyl/N-ethyl adjacent to an activating group) is 1. The molecule has 1 amide bonds. The summed E-state index contributed by atoms with van der Waals surface area (Å²) in [6, 6.07) is 0. The van der Waals surface area contributed by atoms with E-state index >= 15 is 0 Å². The van der Waals surface area contributed by atoms with E-state index in [4.69, 9.17) is 9.47 Å². The van der Waals surface area contributed by atoms with Crippen LogP contribution in [0.15, 0.2) is 0 Å². The maximum Gasteiger partial charge on any atom is 0.305 e. The van der Waals surface area contributed by atoms with Crippen LogP contribution in [0, 0.1) is 0 Å². The molecule has 0 saturated heterocycles. The zero-order valence-electron chi connectivity index (χ0n) is 32.8. The molecule has 0 aromatic heterocycles. The number of unbranched alkanes of at least 4 members (excludes halogenated alkanes) is 24. The Labute approximate surface area is 298 Å². The Balaban J connectivity index is 4.00. The highest BCUT2D eigenvalue weighted by Crippen LogP contribution is 2.14. The van der Waals surface area contributed by atoms with Crippen LogP contribution >= 0.6 is 0 Å². The van der Waals surface area contributed by atoms with Crippen molar-refractivity contribution >= 4 is 17.8 Å². The Bertz CT molecular complexity index is 704. The van der Waals surface area contributed by atoms with E-state index in [1.165, 1.54) is 141 Å². The summed E-state index contributed by atoms with van der Waals surface area (Å²) in [5, 5.41) is 0. The Morgan fingerprint density at radius 1 is 0.438 bits per heavy atom. The first-order chi connectivity index (χ1) is 23.2. The van der Waals surface area contributed by atoms with Crippen molar-refractivity contribution in [1.82, 2.24) is 4.90 Å². The molecule has 0 aliphatic heterocycles. The van der Waals surface area contributed by atoms with E-state index in [2.05, 4.69) is 13.8 Å². The maximum atomic E-state index is 13.0. The number of esters is 2. The number of carbonyl (C=O) groups is 3. The van der Waals surface area contributed by atoms with Crippen molar-refractivity contribution < 1.29 is 28.3 Å². The van der Waals surface area contributed by atoms with E-state index in [9.17, 15) is 14.4 Å². The van der Waals surface area contributed by atoms with Gasteiger partial charge in [0, 0.05) is 12.8 Å². The zero-order chi connectivity index (χ0) is 35.6. The van der Waals surface area contributed by atoms with Crippen LogP contribution in [-0.4, -0.2) is 81.2 Å². The van der Waals surface area contributed by atoms with Crippen LogP contribution in [0.2, 0.25) is 0 Å².